The summed E-state index contributed by atoms with van der Waals surface area (Å²) in [6, 6.07) is 13.2. The number of amides is 1. The molecular formula is C22H27NO4S. The number of hydrogen-bond donors (Lipinski definition) is 0. The van der Waals surface area contributed by atoms with Crippen molar-refractivity contribution >= 4 is 17.7 Å². The van der Waals surface area contributed by atoms with Crippen LogP contribution in [0.1, 0.15) is 41.1 Å². The molecule has 1 amide bonds. The van der Waals surface area contributed by atoms with Gasteiger partial charge in [-0.1, -0.05) is 13.3 Å². The molecule has 1 aliphatic heterocycles. The summed E-state index contributed by atoms with van der Waals surface area (Å²) < 4.78 is 16.5. The Morgan fingerprint density at radius 1 is 1.11 bits per heavy atom. The van der Waals surface area contributed by atoms with E-state index in [0.29, 0.717) is 18.7 Å². The number of nitrogens with zero attached hydrogens (tertiary/aromatic N) is 1. The minimum atomic E-state index is -0.0752. The fraction of sp³-hybridized carbons (Fsp3) is 0.409. The number of rotatable bonds is 8. The molecule has 3 rings (SSSR count). The molecule has 1 fully saturated rings. The lowest BCUT2D eigenvalue weighted by molar-refractivity contribution is 0.0759. The molecule has 1 aliphatic rings. The fourth-order valence-corrected chi connectivity index (χ4v) is 4.43. The van der Waals surface area contributed by atoms with Gasteiger partial charge in [0.15, 0.2) is 0 Å². The van der Waals surface area contributed by atoms with E-state index in [9.17, 15) is 4.79 Å². The zero-order valence-corrected chi connectivity index (χ0v) is 17.5. The molecule has 0 spiro atoms. The average Bonchev–Trinajstić information content (AvgIpc) is 3.23. The van der Waals surface area contributed by atoms with Crippen LogP contribution in [0, 0.1) is 0 Å². The predicted molar refractivity (Wildman–Crippen MR) is 113 cm³/mol. The van der Waals surface area contributed by atoms with Crippen LogP contribution < -0.4 is 14.2 Å². The summed E-state index contributed by atoms with van der Waals surface area (Å²) >= 11 is 1.75. The molecule has 2 aromatic rings. The van der Waals surface area contributed by atoms with E-state index in [1.165, 1.54) is 0 Å². The van der Waals surface area contributed by atoms with E-state index in [1.807, 2.05) is 47.4 Å². The Morgan fingerprint density at radius 2 is 1.86 bits per heavy atom. The minimum absolute atomic E-state index is 0.0213. The van der Waals surface area contributed by atoms with Crippen LogP contribution >= 0.6 is 11.8 Å². The minimum Gasteiger partial charge on any atom is -0.497 e. The first-order chi connectivity index (χ1) is 13.7. The molecule has 150 valence electrons. The van der Waals surface area contributed by atoms with Crippen molar-refractivity contribution in [2.45, 2.75) is 25.1 Å². The van der Waals surface area contributed by atoms with Crippen molar-refractivity contribution in [2.75, 3.05) is 33.1 Å². The van der Waals surface area contributed by atoms with Gasteiger partial charge in [0.2, 0.25) is 0 Å². The van der Waals surface area contributed by atoms with Gasteiger partial charge in [-0.15, -0.1) is 11.8 Å². The first kappa shape index (κ1) is 20.4. The first-order valence-electron chi connectivity index (χ1n) is 9.55. The summed E-state index contributed by atoms with van der Waals surface area (Å²) in [6.45, 7) is 3.54. The van der Waals surface area contributed by atoms with Crippen LogP contribution in [0.5, 0.6) is 17.2 Å². The molecule has 5 nitrogen and oxygen atoms in total. The molecule has 0 bridgehead atoms. The van der Waals surface area contributed by atoms with E-state index < -0.39 is 0 Å². The normalized spacial score (nSPS) is 16.1. The van der Waals surface area contributed by atoms with Gasteiger partial charge in [0.05, 0.1) is 20.8 Å². The third kappa shape index (κ3) is 4.55. The number of benzene rings is 2. The maximum absolute atomic E-state index is 13.1. The molecule has 0 N–H and O–H groups in total. The Balaban J connectivity index is 1.76. The van der Waals surface area contributed by atoms with E-state index in [4.69, 9.17) is 14.2 Å². The Bertz CT molecular complexity index is 794. The SMILES string of the molecule is CCCCOc1ccc(C(=O)N2CCS[C@H]2c2ccc(OC)cc2OC)cc1. The number of carbonyl (C=O) groups is 1. The number of unbranched alkanes of at least 4 members (excludes halogenated alkanes) is 1. The van der Waals surface area contributed by atoms with Gasteiger partial charge in [-0.2, -0.15) is 0 Å². The van der Waals surface area contributed by atoms with Crippen LogP contribution in [0.2, 0.25) is 0 Å². The van der Waals surface area contributed by atoms with Crippen LogP contribution in [0.4, 0.5) is 0 Å². The van der Waals surface area contributed by atoms with E-state index in [-0.39, 0.29) is 11.3 Å². The third-order valence-corrected chi connectivity index (χ3v) is 5.97. The lowest BCUT2D eigenvalue weighted by atomic mass is 10.1. The summed E-state index contributed by atoms with van der Waals surface area (Å²) in [5.74, 6) is 3.18. The second-order valence-electron chi connectivity index (χ2n) is 6.56. The van der Waals surface area contributed by atoms with Gasteiger partial charge in [0.1, 0.15) is 22.6 Å². The van der Waals surface area contributed by atoms with Crippen LogP contribution in [0.25, 0.3) is 0 Å². The molecular weight excluding hydrogens is 374 g/mol. The van der Waals surface area contributed by atoms with E-state index in [1.54, 1.807) is 26.0 Å². The second-order valence-corrected chi connectivity index (χ2v) is 7.74. The van der Waals surface area contributed by atoms with Crippen molar-refractivity contribution in [1.82, 2.24) is 4.90 Å². The topological polar surface area (TPSA) is 48.0 Å². The Hall–Kier alpha value is -2.34. The Morgan fingerprint density at radius 3 is 2.54 bits per heavy atom. The van der Waals surface area contributed by atoms with E-state index >= 15 is 0 Å². The first-order valence-corrected chi connectivity index (χ1v) is 10.6. The molecule has 1 heterocycles. The summed E-state index contributed by atoms with van der Waals surface area (Å²) in [5, 5.41) is -0.0752. The lowest BCUT2D eigenvalue weighted by Gasteiger charge is -2.26. The van der Waals surface area contributed by atoms with E-state index in [2.05, 4.69) is 6.92 Å². The van der Waals surface area contributed by atoms with Gasteiger partial charge in [-0.05, 0) is 42.8 Å². The molecule has 6 heteroatoms. The highest BCUT2D eigenvalue weighted by Gasteiger charge is 2.33. The monoisotopic (exact) mass is 401 g/mol. The zero-order chi connectivity index (χ0) is 19.9. The number of thioether (sulfide) groups is 1. The Kier molecular flexibility index (Phi) is 7.09. The summed E-state index contributed by atoms with van der Waals surface area (Å²) in [4.78, 5) is 15.0. The summed E-state index contributed by atoms with van der Waals surface area (Å²) in [7, 11) is 3.27. The van der Waals surface area contributed by atoms with Gasteiger partial charge in [-0.3, -0.25) is 4.79 Å². The average molecular weight is 402 g/mol. The highest BCUT2D eigenvalue weighted by molar-refractivity contribution is 7.99. The van der Waals surface area contributed by atoms with Crippen LogP contribution in [-0.2, 0) is 0 Å². The van der Waals surface area contributed by atoms with E-state index in [0.717, 1.165) is 41.4 Å². The van der Waals surface area contributed by atoms with Crippen molar-refractivity contribution in [2.24, 2.45) is 0 Å². The molecule has 1 atom stereocenters. The van der Waals surface area contributed by atoms with Gasteiger partial charge in [-0.25, -0.2) is 0 Å². The quantitative estimate of drug-likeness (QED) is 0.596. The molecule has 2 aromatic carbocycles. The molecule has 0 radical (unpaired) electrons. The molecule has 0 aromatic heterocycles. The maximum Gasteiger partial charge on any atom is 0.255 e. The highest BCUT2D eigenvalue weighted by Crippen LogP contribution is 2.43. The number of hydrogen-bond acceptors (Lipinski definition) is 5. The molecule has 28 heavy (non-hydrogen) atoms. The zero-order valence-electron chi connectivity index (χ0n) is 16.6. The second kappa shape index (κ2) is 9.73. The summed E-state index contributed by atoms with van der Waals surface area (Å²) in [5.41, 5.74) is 1.65. The predicted octanol–water partition coefficient (Wildman–Crippen LogP) is 4.77. The van der Waals surface area contributed by atoms with Crippen molar-refractivity contribution < 1.29 is 19.0 Å². The van der Waals surface area contributed by atoms with Crippen LogP contribution in [0.15, 0.2) is 42.5 Å². The maximum atomic E-state index is 13.1. The van der Waals surface area contributed by atoms with Crippen LogP contribution in [0.3, 0.4) is 0 Å². The standard InChI is InChI=1S/C22H27NO4S/c1-4-5-13-27-17-8-6-16(7-9-17)21(24)23-12-14-28-22(23)19-11-10-18(25-2)15-20(19)26-3/h6-11,15,22H,4-5,12-14H2,1-3H3/t22-/m0/s1. The molecule has 0 saturated carbocycles. The van der Waals surface area contributed by atoms with Crippen molar-refractivity contribution in [3.63, 3.8) is 0 Å². The number of ether oxygens (including phenoxy) is 3. The van der Waals surface area contributed by atoms with Gasteiger partial charge < -0.3 is 19.1 Å². The number of methoxy groups -OCH3 is 2. The van der Waals surface area contributed by atoms with Crippen molar-refractivity contribution in [3.8, 4) is 17.2 Å². The smallest absolute Gasteiger partial charge is 0.255 e. The fourth-order valence-electron chi connectivity index (χ4n) is 3.15. The van der Waals surface area contributed by atoms with Gasteiger partial charge in [0, 0.05) is 29.5 Å². The third-order valence-electron chi connectivity index (χ3n) is 4.73. The molecule has 0 aliphatic carbocycles. The van der Waals surface area contributed by atoms with Gasteiger partial charge >= 0.3 is 0 Å². The van der Waals surface area contributed by atoms with Crippen LogP contribution in [-0.4, -0.2) is 43.9 Å². The number of carbonyl (C=O) groups excluding carboxylic acids is 1. The summed E-state index contributed by atoms with van der Waals surface area (Å²) in [6.07, 6.45) is 2.12. The molecule has 1 saturated heterocycles. The Labute approximate surface area is 171 Å². The van der Waals surface area contributed by atoms with Gasteiger partial charge in [0.25, 0.3) is 5.91 Å². The lowest BCUT2D eigenvalue weighted by Crippen LogP contribution is -2.30. The largest absolute Gasteiger partial charge is 0.497 e. The highest BCUT2D eigenvalue weighted by atomic mass is 32.2. The molecule has 0 unspecified atom stereocenters. The van der Waals surface area contributed by atoms with Crippen molar-refractivity contribution in [3.05, 3.63) is 53.6 Å². The van der Waals surface area contributed by atoms with Crippen molar-refractivity contribution in [1.29, 1.82) is 0 Å².